The minimum Gasteiger partial charge on any atom is -0.378 e. The van der Waals surface area contributed by atoms with Crippen molar-refractivity contribution in [3.63, 3.8) is 0 Å². The Bertz CT molecular complexity index is 440. The fourth-order valence-corrected chi connectivity index (χ4v) is 4.08. The summed E-state index contributed by atoms with van der Waals surface area (Å²) in [6.07, 6.45) is 6.41. The smallest absolute Gasteiger partial charge is 0.242 e. The van der Waals surface area contributed by atoms with Crippen LogP contribution in [0.25, 0.3) is 0 Å². The largest absolute Gasteiger partial charge is 0.378 e. The molecule has 3 aliphatic rings. The van der Waals surface area contributed by atoms with E-state index in [-0.39, 0.29) is 30.1 Å². The van der Waals surface area contributed by atoms with E-state index in [2.05, 4.69) is 0 Å². The van der Waals surface area contributed by atoms with Crippen LogP contribution < -0.4 is 5.73 Å². The molecule has 0 unspecified atom stereocenters. The van der Waals surface area contributed by atoms with Crippen molar-refractivity contribution in [1.82, 2.24) is 9.80 Å². The monoisotopic (exact) mass is 359 g/mol. The lowest BCUT2D eigenvalue weighted by Gasteiger charge is -2.40. The first-order valence-electron chi connectivity index (χ1n) is 9.05. The summed E-state index contributed by atoms with van der Waals surface area (Å²) in [6, 6.07) is 0. The van der Waals surface area contributed by atoms with Crippen LogP contribution in [0.5, 0.6) is 0 Å². The predicted octanol–water partition coefficient (Wildman–Crippen LogP) is 1.17. The highest BCUT2D eigenvalue weighted by molar-refractivity contribution is 5.87. The van der Waals surface area contributed by atoms with E-state index in [1.807, 2.05) is 9.80 Å². The average molecular weight is 360 g/mol. The molecule has 3 fully saturated rings. The summed E-state index contributed by atoms with van der Waals surface area (Å²) in [5.41, 5.74) is 5.71. The summed E-state index contributed by atoms with van der Waals surface area (Å²) in [7, 11) is 0. The Morgan fingerprint density at radius 1 is 0.917 bits per heavy atom. The third-order valence-electron chi connectivity index (χ3n) is 5.63. The molecule has 0 spiro atoms. The van der Waals surface area contributed by atoms with Crippen LogP contribution in [0.2, 0.25) is 0 Å². The first-order chi connectivity index (χ1) is 11.1. The molecule has 0 aromatic rings. The Morgan fingerprint density at radius 2 is 1.50 bits per heavy atom. The first kappa shape index (κ1) is 19.5. The number of nitrogens with two attached hydrogens (primary N) is 1. The Labute approximate surface area is 150 Å². The number of hydrogen-bond acceptors (Lipinski definition) is 4. The van der Waals surface area contributed by atoms with E-state index in [9.17, 15) is 9.59 Å². The zero-order valence-electron chi connectivity index (χ0n) is 14.4. The molecule has 0 atom stereocenters. The summed E-state index contributed by atoms with van der Waals surface area (Å²) in [5.74, 6) is 0.396. The number of likely N-dealkylation sites (tertiary alicyclic amines) is 1. The molecule has 2 N–H and O–H groups in total. The van der Waals surface area contributed by atoms with Crippen molar-refractivity contribution in [1.29, 1.82) is 0 Å². The van der Waals surface area contributed by atoms with E-state index in [1.165, 1.54) is 6.42 Å². The van der Waals surface area contributed by atoms with Crippen molar-refractivity contribution in [3.05, 3.63) is 0 Å². The highest BCUT2D eigenvalue weighted by atomic mass is 35.5. The van der Waals surface area contributed by atoms with E-state index >= 15 is 0 Å². The maximum Gasteiger partial charge on any atom is 0.242 e. The molecule has 1 aliphatic carbocycles. The van der Waals surface area contributed by atoms with Crippen molar-refractivity contribution >= 4 is 24.2 Å². The van der Waals surface area contributed by atoms with Gasteiger partial charge >= 0.3 is 0 Å². The fourth-order valence-electron chi connectivity index (χ4n) is 4.08. The van der Waals surface area contributed by atoms with E-state index in [0.717, 1.165) is 38.5 Å². The van der Waals surface area contributed by atoms with Crippen molar-refractivity contribution in [2.45, 2.75) is 50.5 Å². The van der Waals surface area contributed by atoms with Gasteiger partial charge in [0.2, 0.25) is 11.8 Å². The number of halogens is 1. The van der Waals surface area contributed by atoms with Crippen LogP contribution in [0, 0.1) is 5.92 Å². The van der Waals surface area contributed by atoms with Crippen LogP contribution in [0.3, 0.4) is 0 Å². The maximum atomic E-state index is 12.7. The second-order valence-electron chi connectivity index (χ2n) is 7.22. The van der Waals surface area contributed by atoms with E-state index in [4.69, 9.17) is 10.5 Å². The normalized spacial score (nSPS) is 25.0. The molecule has 0 aromatic heterocycles. The molecule has 1 saturated carbocycles. The molecule has 7 heteroatoms. The van der Waals surface area contributed by atoms with Crippen LogP contribution >= 0.6 is 12.4 Å². The minimum atomic E-state index is -0.653. The number of morpholine rings is 1. The number of carbonyl (C=O) groups is 2. The van der Waals surface area contributed by atoms with Crippen LogP contribution in [0.15, 0.2) is 0 Å². The SMILES string of the molecule is Cl.NC1(C(=O)N2CCC(C(=O)N3CCOCC3)CC2)CCCCC1. The predicted molar refractivity (Wildman–Crippen MR) is 94.0 cm³/mol. The molecule has 0 aromatic carbocycles. The molecule has 138 valence electrons. The quantitative estimate of drug-likeness (QED) is 0.803. The van der Waals surface area contributed by atoms with Gasteiger partial charge in [-0.15, -0.1) is 12.4 Å². The van der Waals surface area contributed by atoms with E-state index in [1.54, 1.807) is 0 Å². The van der Waals surface area contributed by atoms with Gasteiger partial charge in [0.05, 0.1) is 18.8 Å². The number of piperidine rings is 1. The van der Waals surface area contributed by atoms with Gasteiger partial charge in [-0.05, 0) is 25.7 Å². The van der Waals surface area contributed by atoms with Gasteiger partial charge < -0.3 is 20.3 Å². The summed E-state index contributed by atoms with van der Waals surface area (Å²) in [5, 5.41) is 0. The summed E-state index contributed by atoms with van der Waals surface area (Å²) in [4.78, 5) is 29.1. The Hall–Kier alpha value is -0.850. The molecule has 3 rings (SSSR count). The lowest BCUT2D eigenvalue weighted by Crippen LogP contribution is -2.58. The van der Waals surface area contributed by atoms with Crippen LogP contribution in [-0.4, -0.2) is 66.5 Å². The third-order valence-corrected chi connectivity index (χ3v) is 5.63. The van der Waals surface area contributed by atoms with Gasteiger partial charge in [0, 0.05) is 32.1 Å². The standard InChI is InChI=1S/C17H29N3O3.ClH/c18-17(6-2-1-3-7-17)16(22)20-8-4-14(5-9-20)15(21)19-10-12-23-13-11-19;/h14H,1-13,18H2;1H. The first-order valence-corrected chi connectivity index (χ1v) is 9.05. The van der Waals surface area contributed by atoms with Gasteiger partial charge in [-0.25, -0.2) is 0 Å². The molecular formula is C17H30ClN3O3. The van der Waals surface area contributed by atoms with Gasteiger partial charge in [0.15, 0.2) is 0 Å². The molecule has 0 bridgehead atoms. The minimum absolute atomic E-state index is 0. The van der Waals surface area contributed by atoms with E-state index < -0.39 is 5.54 Å². The van der Waals surface area contributed by atoms with Crippen LogP contribution in [0.1, 0.15) is 44.9 Å². The Kier molecular flexibility index (Phi) is 6.89. The molecule has 2 amide bonds. The average Bonchev–Trinajstić information content (AvgIpc) is 2.62. The number of rotatable bonds is 2. The lowest BCUT2D eigenvalue weighted by atomic mass is 9.81. The van der Waals surface area contributed by atoms with Crippen molar-refractivity contribution < 1.29 is 14.3 Å². The third kappa shape index (κ3) is 4.21. The summed E-state index contributed by atoms with van der Waals surface area (Å²) in [6.45, 7) is 4.00. The Balaban J connectivity index is 0.00000208. The maximum absolute atomic E-state index is 12.7. The van der Waals surface area contributed by atoms with Gasteiger partial charge in [0.1, 0.15) is 0 Å². The van der Waals surface area contributed by atoms with Crippen molar-refractivity contribution in [3.8, 4) is 0 Å². The zero-order valence-corrected chi connectivity index (χ0v) is 15.2. The van der Waals surface area contributed by atoms with E-state index in [0.29, 0.717) is 39.4 Å². The Morgan fingerprint density at radius 3 is 2.08 bits per heavy atom. The number of carbonyl (C=O) groups excluding carboxylic acids is 2. The van der Waals surface area contributed by atoms with Crippen LogP contribution in [-0.2, 0) is 14.3 Å². The summed E-state index contributed by atoms with van der Waals surface area (Å²) < 4.78 is 5.30. The van der Waals surface area contributed by atoms with Crippen molar-refractivity contribution in [2.75, 3.05) is 39.4 Å². The molecule has 24 heavy (non-hydrogen) atoms. The molecule has 2 saturated heterocycles. The highest BCUT2D eigenvalue weighted by Crippen LogP contribution is 2.29. The second kappa shape index (κ2) is 8.50. The molecule has 6 nitrogen and oxygen atoms in total. The van der Waals surface area contributed by atoms with Crippen molar-refractivity contribution in [2.24, 2.45) is 11.7 Å². The molecular weight excluding hydrogens is 330 g/mol. The molecule has 2 aliphatic heterocycles. The number of ether oxygens (including phenoxy) is 1. The van der Waals surface area contributed by atoms with Gasteiger partial charge in [-0.1, -0.05) is 19.3 Å². The topological polar surface area (TPSA) is 75.9 Å². The number of nitrogens with zero attached hydrogens (tertiary/aromatic N) is 2. The summed E-state index contributed by atoms with van der Waals surface area (Å²) >= 11 is 0. The highest BCUT2D eigenvalue weighted by Gasteiger charge is 2.40. The van der Waals surface area contributed by atoms with Gasteiger partial charge in [-0.2, -0.15) is 0 Å². The van der Waals surface area contributed by atoms with Gasteiger partial charge in [-0.3, -0.25) is 9.59 Å². The van der Waals surface area contributed by atoms with Gasteiger partial charge in [0.25, 0.3) is 0 Å². The zero-order chi connectivity index (χ0) is 16.3. The van der Waals surface area contributed by atoms with Crippen LogP contribution in [0.4, 0.5) is 0 Å². The number of hydrogen-bond donors (Lipinski definition) is 1. The lowest BCUT2D eigenvalue weighted by molar-refractivity contribution is -0.146. The second-order valence-corrected chi connectivity index (χ2v) is 7.22. The number of amides is 2. The molecule has 0 radical (unpaired) electrons. The molecule has 2 heterocycles. The fraction of sp³-hybridized carbons (Fsp3) is 0.882.